The molecule has 0 radical (unpaired) electrons. The SMILES string of the molecule is COCCN1CCN(C(C)(C)/C=C(/C#N)C(=O)N2CCC[C@@H](n3c(=O)n(-c4ccc(Oc5ccccc5)cc4)c4c(N)nccc43)C2)CC1. The molecular formula is C37H44N8O4. The minimum atomic E-state index is -0.486. The number of nitriles is 1. The fourth-order valence-corrected chi connectivity index (χ4v) is 6.94. The number of fused-ring (bicyclic) bond motifs is 1. The number of ether oxygens (including phenoxy) is 2. The Bertz CT molecular complexity index is 1900. The summed E-state index contributed by atoms with van der Waals surface area (Å²) in [5.74, 6) is 1.26. The molecule has 49 heavy (non-hydrogen) atoms. The molecule has 4 aromatic rings. The number of benzene rings is 2. The molecule has 1 amide bonds. The molecule has 1 atom stereocenters. The highest BCUT2D eigenvalue weighted by molar-refractivity contribution is 5.97. The van der Waals surface area contributed by atoms with Gasteiger partial charge in [0.15, 0.2) is 0 Å². The average Bonchev–Trinajstić information content (AvgIpc) is 3.43. The van der Waals surface area contributed by atoms with E-state index in [1.165, 1.54) is 0 Å². The number of hydrogen-bond acceptors (Lipinski definition) is 9. The zero-order chi connectivity index (χ0) is 34.5. The number of piperidine rings is 1. The van der Waals surface area contributed by atoms with Gasteiger partial charge in [0, 0.05) is 64.7 Å². The Kier molecular flexibility index (Phi) is 10.1. The van der Waals surface area contributed by atoms with Crippen molar-refractivity contribution < 1.29 is 14.3 Å². The fraction of sp³-hybridized carbons (Fsp3) is 0.405. The van der Waals surface area contributed by atoms with Crippen LogP contribution >= 0.6 is 0 Å². The van der Waals surface area contributed by atoms with Crippen molar-refractivity contribution in [2.24, 2.45) is 0 Å². The van der Waals surface area contributed by atoms with E-state index in [4.69, 9.17) is 15.2 Å². The van der Waals surface area contributed by atoms with Crippen LogP contribution in [-0.4, -0.2) is 99.8 Å². The van der Waals surface area contributed by atoms with Crippen LogP contribution in [0.15, 0.2) is 83.3 Å². The van der Waals surface area contributed by atoms with Crippen LogP contribution in [0.1, 0.15) is 32.7 Å². The van der Waals surface area contributed by atoms with Crippen LogP contribution in [0.5, 0.6) is 11.5 Å². The van der Waals surface area contributed by atoms with E-state index in [9.17, 15) is 14.9 Å². The van der Waals surface area contributed by atoms with E-state index in [0.717, 1.165) is 32.7 Å². The summed E-state index contributed by atoms with van der Waals surface area (Å²) in [5, 5.41) is 10.2. The van der Waals surface area contributed by atoms with E-state index in [0.29, 0.717) is 60.8 Å². The number of aromatic nitrogens is 3. The number of anilines is 1. The molecule has 2 aliphatic heterocycles. The lowest BCUT2D eigenvalue weighted by Gasteiger charge is -2.43. The smallest absolute Gasteiger partial charge is 0.334 e. The zero-order valence-electron chi connectivity index (χ0n) is 28.4. The van der Waals surface area contributed by atoms with Crippen LogP contribution in [-0.2, 0) is 9.53 Å². The van der Waals surface area contributed by atoms with Crippen LogP contribution in [0.4, 0.5) is 5.82 Å². The van der Waals surface area contributed by atoms with E-state index in [-0.39, 0.29) is 29.0 Å². The van der Waals surface area contributed by atoms with Crippen LogP contribution < -0.4 is 16.2 Å². The largest absolute Gasteiger partial charge is 0.457 e. The first kappa shape index (κ1) is 33.9. The standard InChI is InChI=1S/C37H44N8O4/c1-37(2,43-20-18-41(19-21-43)22-23-48-3)24-27(25-38)35(46)42-17-7-8-29(26-42)44-32-15-16-40-34(39)33(32)45(36(44)47)28-11-13-31(14-12-28)49-30-9-5-4-6-10-30/h4-6,9-16,24,29H,7-8,17-23,26H2,1-3H3,(H2,39,40)/b27-24-/t29-/m1/s1. The second-order valence-corrected chi connectivity index (χ2v) is 13.2. The number of methoxy groups -OCH3 is 1. The number of amides is 1. The van der Waals surface area contributed by atoms with Crippen LogP contribution in [0.2, 0.25) is 0 Å². The average molecular weight is 665 g/mol. The Morgan fingerprint density at radius 3 is 2.45 bits per heavy atom. The summed E-state index contributed by atoms with van der Waals surface area (Å²) >= 11 is 0. The first-order chi connectivity index (χ1) is 23.7. The monoisotopic (exact) mass is 664 g/mol. The summed E-state index contributed by atoms with van der Waals surface area (Å²) in [6, 6.07) is 20.4. The second kappa shape index (κ2) is 14.7. The van der Waals surface area contributed by atoms with Gasteiger partial charge in [-0.25, -0.2) is 9.78 Å². The van der Waals surface area contributed by atoms with Gasteiger partial charge in [0.2, 0.25) is 0 Å². The lowest BCUT2D eigenvalue weighted by Crippen LogP contribution is -2.54. The van der Waals surface area contributed by atoms with Gasteiger partial charge in [-0.1, -0.05) is 18.2 Å². The maximum Gasteiger partial charge on any atom is 0.334 e. The number of carbonyl (C=O) groups is 1. The number of nitrogen functional groups attached to an aromatic ring is 1. The number of likely N-dealkylation sites (tertiary alicyclic amines) is 1. The molecule has 2 saturated heterocycles. The van der Waals surface area contributed by atoms with Gasteiger partial charge in [-0.3, -0.25) is 23.7 Å². The Balaban J connectivity index is 1.23. The maximum atomic E-state index is 14.3. The Morgan fingerprint density at radius 2 is 1.76 bits per heavy atom. The van der Waals surface area contributed by atoms with Gasteiger partial charge in [-0.15, -0.1) is 0 Å². The molecule has 6 rings (SSSR count). The van der Waals surface area contributed by atoms with Crippen molar-refractivity contribution in [2.45, 2.75) is 38.3 Å². The minimum Gasteiger partial charge on any atom is -0.457 e. The van der Waals surface area contributed by atoms with E-state index in [2.05, 4.69) is 34.7 Å². The lowest BCUT2D eigenvalue weighted by atomic mass is 9.96. The fourth-order valence-electron chi connectivity index (χ4n) is 6.94. The van der Waals surface area contributed by atoms with Gasteiger partial charge in [0.1, 0.15) is 34.5 Å². The van der Waals surface area contributed by atoms with E-state index < -0.39 is 5.54 Å². The van der Waals surface area contributed by atoms with Crippen LogP contribution in [0.3, 0.4) is 0 Å². The second-order valence-electron chi connectivity index (χ2n) is 13.2. The van der Waals surface area contributed by atoms with Crippen molar-refractivity contribution in [3.63, 3.8) is 0 Å². The van der Waals surface area contributed by atoms with Crippen molar-refractivity contribution in [1.82, 2.24) is 28.8 Å². The number of nitrogens with zero attached hydrogens (tertiary/aromatic N) is 7. The first-order valence-corrected chi connectivity index (χ1v) is 16.8. The number of para-hydroxylation sites is 1. The molecule has 0 spiro atoms. The van der Waals surface area contributed by atoms with Gasteiger partial charge in [-0.2, -0.15) is 5.26 Å². The summed E-state index contributed by atoms with van der Waals surface area (Å²) in [4.78, 5) is 38.8. The minimum absolute atomic E-state index is 0.119. The zero-order valence-corrected chi connectivity index (χ0v) is 28.4. The summed E-state index contributed by atoms with van der Waals surface area (Å²) in [7, 11) is 1.71. The molecule has 4 heterocycles. The Labute approximate surface area is 286 Å². The number of piperazine rings is 1. The molecule has 0 bridgehead atoms. The van der Waals surface area contributed by atoms with Crippen molar-refractivity contribution in [3.05, 3.63) is 89.0 Å². The summed E-state index contributed by atoms with van der Waals surface area (Å²) < 4.78 is 14.5. The third kappa shape index (κ3) is 7.24. The van der Waals surface area contributed by atoms with Gasteiger partial charge in [0.05, 0.1) is 23.9 Å². The maximum absolute atomic E-state index is 14.3. The third-order valence-corrected chi connectivity index (χ3v) is 9.58. The highest BCUT2D eigenvalue weighted by atomic mass is 16.5. The molecule has 2 N–H and O–H groups in total. The van der Waals surface area contributed by atoms with E-state index in [1.54, 1.807) is 39.5 Å². The molecule has 0 unspecified atom stereocenters. The number of carbonyl (C=O) groups excluding carboxylic acids is 1. The molecule has 12 nitrogen and oxygen atoms in total. The first-order valence-electron chi connectivity index (χ1n) is 16.8. The normalized spacial score (nSPS) is 18.0. The molecule has 0 saturated carbocycles. The lowest BCUT2D eigenvalue weighted by molar-refractivity contribution is -0.128. The van der Waals surface area contributed by atoms with Crippen molar-refractivity contribution in [3.8, 4) is 23.3 Å². The number of imidazole rings is 1. The summed E-state index contributed by atoms with van der Waals surface area (Å²) in [6.07, 6.45) is 4.78. The number of nitrogens with two attached hydrogens (primary N) is 1. The predicted molar refractivity (Wildman–Crippen MR) is 189 cm³/mol. The molecule has 2 fully saturated rings. The van der Waals surface area contributed by atoms with Crippen molar-refractivity contribution in [1.29, 1.82) is 5.26 Å². The number of hydrogen-bond donors (Lipinski definition) is 1. The number of pyridine rings is 1. The van der Waals surface area contributed by atoms with Crippen LogP contribution in [0.25, 0.3) is 16.7 Å². The Morgan fingerprint density at radius 1 is 1.04 bits per heavy atom. The van der Waals surface area contributed by atoms with E-state index >= 15 is 0 Å². The highest BCUT2D eigenvalue weighted by Gasteiger charge is 2.33. The number of rotatable bonds is 10. The molecule has 2 aromatic heterocycles. The third-order valence-electron chi connectivity index (χ3n) is 9.58. The molecule has 256 valence electrons. The van der Waals surface area contributed by atoms with Gasteiger partial charge >= 0.3 is 5.69 Å². The van der Waals surface area contributed by atoms with Crippen molar-refractivity contribution >= 4 is 22.8 Å². The predicted octanol–water partition coefficient (Wildman–Crippen LogP) is 4.22. The van der Waals surface area contributed by atoms with Gasteiger partial charge < -0.3 is 20.1 Å². The van der Waals surface area contributed by atoms with Crippen LogP contribution in [0, 0.1) is 11.3 Å². The Hall–Kier alpha value is -4.96. The van der Waals surface area contributed by atoms with Crippen molar-refractivity contribution in [2.75, 3.05) is 65.3 Å². The molecule has 2 aliphatic rings. The molecule has 0 aliphatic carbocycles. The van der Waals surface area contributed by atoms with E-state index in [1.807, 2.05) is 54.6 Å². The summed E-state index contributed by atoms with van der Waals surface area (Å²) in [6.45, 7) is 9.95. The quantitative estimate of drug-likeness (QED) is 0.195. The molecule has 12 heteroatoms. The highest BCUT2D eigenvalue weighted by Crippen LogP contribution is 2.30. The van der Waals surface area contributed by atoms with Gasteiger partial charge in [-0.05, 0) is 75.2 Å². The topological polar surface area (TPSA) is 135 Å². The molecular weight excluding hydrogens is 620 g/mol. The van der Waals surface area contributed by atoms with Gasteiger partial charge in [0.25, 0.3) is 5.91 Å². The molecule has 2 aromatic carbocycles. The summed E-state index contributed by atoms with van der Waals surface area (Å²) in [5.41, 5.74) is 7.52.